The van der Waals surface area contributed by atoms with E-state index in [4.69, 9.17) is 0 Å². The highest BCUT2D eigenvalue weighted by Crippen LogP contribution is 2.10. The van der Waals surface area contributed by atoms with Crippen molar-refractivity contribution in [3.63, 3.8) is 0 Å². The minimum Gasteiger partial charge on any atom is -0.364 e. The molecule has 4 nitrogen and oxygen atoms in total. The fraction of sp³-hybridized carbons (Fsp3) is 0.250. The summed E-state index contributed by atoms with van der Waals surface area (Å²) in [6, 6.07) is 3.96. The largest absolute Gasteiger partial charge is 0.364 e. The molecule has 0 atom stereocenters. The molecule has 0 saturated carbocycles. The first-order valence-corrected chi connectivity index (χ1v) is 5.19. The number of aryl methyl sites for hydroxylation is 2. The first kappa shape index (κ1) is 10.5. The minimum atomic E-state index is 0.738. The van der Waals surface area contributed by atoms with Crippen molar-refractivity contribution >= 4 is 5.82 Å². The van der Waals surface area contributed by atoms with Crippen LogP contribution >= 0.6 is 0 Å². The first-order valence-electron chi connectivity index (χ1n) is 5.19. The summed E-state index contributed by atoms with van der Waals surface area (Å²) >= 11 is 0. The highest BCUT2D eigenvalue weighted by molar-refractivity contribution is 5.40. The molecule has 16 heavy (non-hydrogen) atoms. The molecule has 0 aliphatic carbocycles. The molecule has 0 aromatic carbocycles. The summed E-state index contributed by atoms with van der Waals surface area (Å²) < 4.78 is 0. The summed E-state index contributed by atoms with van der Waals surface area (Å²) in [5, 5.41) is 3.27. The van der Waals surface area contributed by atoms with Crippen molar-refractivity contribution < 1.29 is 0 Å². The standard InChI is InChI=1S/C12H14N4/c1-9-7-14-10(2)12(16-9)15-8-11-3-5-13-6-4-11/h3-7H,8H2,1-2H3,(H,15,16). The SMILES string of the molecule is Cc1cnc(C)c(NCc2ccncc2)n1. The second-order valence-corrected chi connectivity index (χ2v) is 3.65. The van der Waals surface area contributed by atoms with Crippen LogP contribution in [0.1, 0.15) is 17.0 Å². The van der Waals surface area contributed by atoms with E-state index in [9.17, 15) is 0 Å². The van der Waals surface area contributed by atoms with Crippen molar-refractivity contribution in [1.82, 2.24) is 15.0 Å². The number of rotatable bonds is 3. The molecule has 0 fully saturated rings. The maximum atomic E-state index is 4.40. The molecule has 2 aromatic rings. The Hall–Kier alpha value is -1.97. The van der Waals surface area contributed by atoms with Gasteiger partial charge < -0.3 is 5.32 Å². The fourth-order valence-corrected chi connectivity index (χ4v) is 1.39. The normalized spacial score (nSPS) is 10.1. The van der Waals surface area contributed by atoms with E-state index in [0.29, 0.717) is 0 Å². The molecule has 0 unspecified atom stereocenters. The number of hydrogen-bond donors (Lipinski definition) is 1. The Morgan fingerprint density at radius 1 is 1.19 bits per heavy atom. The molecular formula is C12H14N4. The zero-order chi connectivity index (χ0) is 11.4. The maximum Gasteiger partial charge on any atom is 0.148 e. The second kappa shape index (κ2) is 4.70. The molecule has 2 rings (SSSR count). The molecule has 2 aromatic heterocycles. The number of pyridine rings is 1. The summed E-state index contributed by atoms with van der Waals surface area (Å²) in [6.45, 7) is 4.62. The Morgan fingerprint density at radius 2 is 1.94 bits per heavy atom. The van der Waals surface area contributed by atoms with Crippen LogP contribution in [0.3, 0.4) is 0 Å². The molecule has 0 aliphatic rings. The maximum absolute atomic E-state index is 4.40. The van der Waals surface area contributed by atoms with Crippen molar-refractivity contribution in [2.75, 3.05) is 5.32 Å². The van der Waals surface area contributed by atoms with Crippen LogP contribution in [0.5, 0.6) is 0 Å². The number of hydrogen-bond acceptors (Lipinski definition) is 4. The highest BCUT2D eigenvalue weighted by atomic mass is 15.0. The Morgan fingerprint density at radius 3 is 2.69 bits per heavy atom. The van der Waals surface area contributed by atoms with Gasteiger partial charge in [0, 0.05) is 25.1 Å². The molecule has 0 aliphatic heterocycles. The third kappa shape index (κ3) is 2.53. The van der Waals surface area contributed by atoms with Gasteiger partial charge in [0.2, 0.25) is 0 Å². The van der Waals surface area contributed by atoms with Gasteiger partial charge >= 0.3 is 0 Å². The molecule has 82 valence electrons. The number of aromatic nitrogens is 3. The number of nitrogens with zero attached hydrogens (tertiary/aromatic N) is 3. The van der Waals surface area contributed by atoms with E-state index in [-0.39, 0.29) is 0 Å². The van der Waals surface area contributed by atoms with Crippen LogP contribution in [-0.4, -0.2) is 15.0 Å². The Balaban J connectivity index is 2.08. The lowest BCUT2D eigenvalue weighted by Gasteiger charge is -2.08. The van der Waals surface area contributed by atoms with Gasteiger partial charge in [0.15, 0.2) is 0 Å². The van der Waals surface area contributed by atoms with Crippen molar-refractivity contribution in [2.24, 2.45) is 0 Å². The van der Waals surface area contributed by atoms with Crippen LogP contribution < -0.4 is 5.32 Å². The monoisotopic (exact) mass is 214 g/mol. The number of anilines is 1. The zero-order valence-corrected chi connectivity index (χ0v) is 9.44. The van der Waals surface area contributed by atoms with Crippen LogP contribution in [0.4, 0.5) is 5.82 Å². The average Bonchev–Trinajstić information content (AvgIpc) is 2.32. The molecule has 0 radical (unpaired) electrons. The topological polar surface area (TPSA) is 50.7 Å². The van der Waals surface area contributed by atoms with Gasteiger partial charge in [-0.05, 0) is 31.5 Å². The summed E-state index contributed by atoms with van der Waals surface area (Å²) in [6.07, 6.45) is 5.34. The van der Waals surface area contributed by atoms with Crippen LogP contribution in [-0.2, 0) is 6.54 Å². The number of nitrogens with one attached hydrogen (secondary N) is 1. The predicted molar refractivity (Wildman–Crippen MR) is 63.1 cm³/mol. The van der Waals surface area contributed by atoms with E-state index in [1.807, 2.05) is 26.0 Å². The van der Waals surface area contributed by atoms with Gasteiger partial charge in [-0.2, -0.15) is 0 Å². The van der Waals surface area contributed by atoms with Crippen LogP contribution in [0, 0.1) is 13.8 Å². The van der Waals surface area contributed by atoms with Gasteiger partial charge in [-0.15, -0.1) is 0 Å². The lowest BCUT2D eigenvalue weighted by Crippen LogP contribution is -2.05. The van der Waals surface area contributed by atoms with Crippen molar-refractivity contribution in [3.05, 3.63) is 47.7 Å². The molecule has 0 spiro atoms. The van der Waals surface area contributed by atoms with Gasteiger partial charge in [0.05, 0.1) is 11.4 Å². The van der Waals surface area contributed by atoms with Crippen molar-refractivity contribution in [1.29, 1.82) is 0 Å². The summed E-state index contributed by atoms with van der Waals surface area (Å²) in [5.41, 5.74) is 3.01. The summed E-state index contributed by atoms with van der Waals surface area (Å²) in [4.78, 5) is 12.6. The van der Waals surface area contributed by atoms with E-state index in [1.165, 1.54) is 5.56 Å². The predicted octanol–water partition coefficient (Wildman–Crippen LogP) is 2.10. The van der Waals surface area contributed by atoms with Crippen molar-refractivity contribution in [2.45, 2.75) is 20.4 Å². The molecule has 2 heterocycles. The zero-order valence-electron chi connectivity index (χ0n) is 9.44. The fourth-order valence-electron chi connectivity index (χ4n) is 1.39. The van der Waals surface area contributed by atoms with Gasteiger partial charge in [-0.1, -0.05) is 0 Å². The van der Waals surface area contributed by atoms with Crippen LogP contribution in [0.15, 0.2) is 30.7 Å². The van der Waals surface area contributed by atoms with Crippen LogP contribution in [0.25, 0.3) is 0 Å². The smallest absolute Gasteiger partial charge is 0.148 e. The average molecular weight is 214 g/mol. The minimum absolute atomic E-state index is 0.738. The van der Waals surface area contributed by atoms with Crippen LogP contribution in [0.2, 0.25) is 0 Å². The van der Waals surface area contributed by atoms with E-state index >= 15 is 0 Å². The lowest BCUT2D eigenvalue weighted by atomic mass is 10.2. The molecule has 0 bridgehead atoms. The van der Waals surface area contributed by atoms with Gasteiger partial charge in [0.25, 0.3) is 0 Å². The summed E-state index contributed by atoms with van der Waals surface area (Å²) in [7, 11) is 0. The third-order valence-corrected chi connectivity index (χ3v) is 2.29. The van der Waals surface area contributed by atoms with E-state index in [0.717, 1.165) is 23.8 Å². The van der Waals surface area contributed by atoms with E-state index in [1.54, 1.807) is 18.6 Å². The Kier molecular flexibility index (Phi) is 3.10. The third-order valence-electron chi connectivity index (χ3n) is 2.29. The first-order chi connectivity index (χ1) is 7.75. The Bertz CT molecular complexity index is 468. The summed E-state index contributed by atoms with van der Waals surface area (Å²) in [5.74, 6) is 0.844. The quantitative estimate of drug-likeness (QED) is 0.850. The highest BCUT2D eigenvalue weighted by Gasteiger charge is 2.01. The molecule has 0 amide bonds. The van der Waals surface area contributed by atoms with E-state index < -0.39 is 0 Å². The molecule has 1 N–H and O–H groups in total. The van der Waals surface area contributed by atoms with Gasteiger partial charge in [-0.25, -0.2) is 4.98 Å². The molecular weight excluding hydrogens is 200 g/mol. The van der Waals surface area contributed by atoms with Gasteiger partial charge in [0.1, 0.15) is 5.82 Å². The van der Waals surface area contributed by atoms with Crippen molar-refractivity contribution in [3.8, 4) is 0 Å². The second-order valence-electron chi connectivity index (χ2n) is 3.65. The lowest BCUT2D eigenvalue weighted by molar-refractivity contribution is 1.02. The van der Waals surface area contributed by atoms with Gasteiger partial charge in [-0.3, -0.25) is 9.97 Å². The van der Waals surface area contributed by atoms with E-state index in [2.05, 4.69) is 20.3 Å². The molecule has 4 heteroatoms. The Labute approximate surface area is 94.8 Å². The molecule has 0 saturated heterocycles.